The van der Waals surface area contributed by atoms with Gasteiger partial charge in [-0.05, 0) is 26.0 Å². The van der Waals surface area contributed by atoms with E-state index in [0.29, 0.717) is 11.2 Å². The molecule has 0 amide bonds. The molecule has 0 atom stereocenters. The van der Waals surface area contributed by atoms with Crippen LogP contribution in [0.15, 0.2) is 18.2 Å². The van der Waals surface area contributed by atoms with E-state index in [0.717, 1.165) is 38.4 Å². The van der Waals surface area contributed by atoms with Crippen LogP contribution >= 0.6 is 11.6 Å². The van der Waals surface area contributed by atoms with E-state index in [2.05, 4.69) is 28.6 Å². The van der Waals surface area contributed by atoms with Gasteiger partial charge >= 0.3 is 0 Å². The van der Waals surface area contributed by atoms with Crippen LogP contribution in [0, 0.1) is 0 Å². The van der Waals surface area contributed by atoms with Crippen molar-refractivity contribution in [3.05, 3.63) is 29.0 Å². The van der Waals surface area contributed by atoms with E-state index in [1.165, 1.54) is 0 Å². The fourth-order valence-electron chi connectivity index (χ4n) is 2.21. The van der Waals surface area contributed by atoms with Crippen LogP contribution < -0.4 is 0 Å². The molecule has 0 unspecified atom stereocenters. The molecule has 1 aliphatic heterocycles. The lowest BCUT2D eigenvalue weighted by atomic mass is 10.2. The minimum absolute atomic E-state index is 0.586. The van der Waals surface area contributed by atoms with Crippen molar-refractivity contribution in [2.75, 3.05) is 26.2 Å². The topological polar surface area (TPSA) is 19.4 Å². The predicted molar refractivity (Wildman–Crippen MR) is 71.2 cm³/mol. The summed E-state index contributed by atoms with van der Waals surface area (Å²) in [5.74, 6) is 0. The summed E-state index contributed by atoms with van der Waals surface area (Å²) in [7, 11) is 0. The Morgan fingerprint density at radius 2 is 1.94 bits per heavy atom. The lowest BCUT2D eigenvalue weighted by Crippen LogP contribution is -2.48. The number of aromatic nitrogens is 1. The zero-order chi connectivity index (χ0) is 12.3. The Labute approximate surface area is 108 Å². The van der Waals surface area contributed by atoms with Gasteiger partial charge in [0.25, 0.3) is 0 Å². The Morgan fingerprint density at radius 3 is 2.53 bits per heavy atom. The van der Waals surface area contributed by atoms with Gasteiger partial charge in [0.2, 0.25) is 0 Å². The highest BCUT2D eigenvalue weighted by Gasteiger charge is 2.18. The largest absolute Gasteiger partial charge is 0.298 e. The second-order valence-corrected chi connectivity index (χ2v) is 5.24. The molecule has 94 valence electrons. The molecule has 2 heterocycles. The second kappa shape index (κ2) is 5.80. The van der Waals surface area contributed by atoms with E-state index in [9.17, 15) is 0 Å². The molecular weight excluding hydrogens is 234 g/mol. The van der Waals surface area contributed by atoms with Gasteiger partial charge < -0.3 is 0 Å². The Bertz CT molecular complexity index is 359. The maximum atomic E-state index is 5.89. The molecule has 0 radical (unpaired) electrons. The summed E-state index contributed by atoms with van der Waals surface area (Å²) in [6.07, 6.45) is 0. The molecule has 4 heteroatoms. The summed E-state index contributed by atoms with van der Waals surface area (Å²) in [6, 6.07) is 6.48. The number of pyridine rings is 1. The molecule has 1 aliphatic rings. The van der Waals surface area contributed by atoms with E-state index in [1.807, 2.05) is 18.2 Å². The van der Waals surface area contributed by atoms with Crippen molar-refractivity contribution >= 4 is 11.6 Å². The quantitative estimate of drug-likeness (QED) is 0.771. The number of nitrogens with zero attached hydrogens (tertiary/aromatic N) is 3. The molecule has 17 heavy (non-hydrogen) atoms. The van der Waals surface area contributed by atoms with Crippen LogP contribution in [0.5, 0.6) is 0 Å². The summed E-state index contributed by atoms with van der Waals surface area (Å²) < 4.78 is 0. The number of hydrogen-bond acceptors (Lipinski definition) is 3. The summed E-state index contributed by atoms with van der Waals surface area (Å²) in [6.45, 7) is 9.96. The van der Waals surface area contributed by atoms with Crippen molar-refractivity contribution in [3.63, 3.8) is 0 Å². The van der Waals surface area contributed by atoms with E-state index in [4.69, 9.17) is 11.6 Å². The van der Waals surface area contributed by atoms with Crippen molar-refractivity contribution < 1.29 is 0 Å². The van der Waals surface area contributed by atoms with Crippen molar-refractivity contribution in [1.82, 2.24) is 14.8 Å². The summed E-state index contributed by atoms with van der Waals surface area (Å²) in [5.41, 5.74) is 1.07. The molecule has 2 rings (SSSR count). The van der Waals surface area contributed by atoms with E-state index in [-0.39, 0.29) is 0 Å². The van der Waals surface area contributed by atoms with Crippen molar-refractivity contribution in [3.8, 4) is 0 Å². The summed E-state index contributed by atoms with van der Waals surface area (Å²) >= 11 is 5.89. The van der Waals surface area contributed by atoms with Crippen molar-refractivity contribution in [2.45, 2.75) is 26.4 Å². The first-order valence-electron chi connectivity index (χ1n) is 6.23. The fraction of sp³-hybridized carbons (Fsp3) is 0.615. The van der Waals surface area contributed by atoms with Crippen molar-refractivity contribution in [1.29, 1.82) is 0 Å². The third-order valence-electron chi connectivity index (χ3n) is 3.30. The van der Waals surface area contributed by atoms with Crippen LogP contribution in [0.1, 0.15) is 19.5 Å². The standard InChI is InChI=1S/C13H20ClN3/c1-11(2)17-8-6-16(7-9-17)10-12-4-3-5-13(14)15-12/h3-5,11H,6-10H2,1-2H3. The van der Waals surface area contributed by atoms with Gasteiger partial charge in [0.1, 0.15) is 5.15 Å². The number of piperazine rings is 1. The Morgan fingerprint density at radius 1 is 1.24 bits per heavy atom. The van der Waals surface area contributed by atoms with Crippen LogP contribution in [-0.4, -0.2) is 47.0 Å². The zero-order valence-corrected chi connectivity index (χ0v) is 11.3. The van der Waals surface area contributed by atoms with Gasteiger partial charge in [0.15, 0.2) is 0 Å². The molecule has 1 aromatic heterocycles. The second-order valence-electron chi connectivity index (χ2n) is 4.86. The van der Waals surface area contributed by atoms with Crippen LogP contribution in [0.2, 0.25) is 5.15 Å². The van der Waals surface area contributed by atoms with E-state index in [1.54, 1.807) is 0 Å². The van der Waals surface area contributed by atoms with Gasteiger partial charge in [-0.3, -0.25) is 9.80 Å². The highest BCUT2D eigenvalue weighted by Crippen LogP contribution is 2.11. The summed E-state index contributed by atoms with van der Waals surface area (Å²) in [5, 5.41) is 0.586. The molecule has 0 bridgehead atoms. The number of rotatable bonds is 3. The summed E-state index contributed by atoms with van der Waals surface area (Å²) in [4.78, 5) is 9.29. The van der Waals surface area contributed by atoms with Crippen LogP contribution in [0.25, 0.3) is 0 Å². The maximum absolute atomic E-state index is 5.89. The Balaban J connectivity index is 1.86. The minimum atomic E-state index is 0.586. The molecule has 0 saturated carbocycles. The number of halogens is 1. The van der Waals surface area contributed by atoms with Crippen LogP contribution in [0.4, 0.5) is 0 Å². The average molecular weight is 254 g/mol. The third kappa shape index (κ3) is 3.66. The SMILES string of the molecule is CC(C)N1CCN(Cc2cccc(Cl)n2)CC1. The first-order chi connectivity index (χ1) is 8.15. The highest BCUT2D eigenvalue weighted by atomic mass is 35.5. The Hall–Kier alpha value is -0.640. The molecule has 1 aromatic rings. The molecule has 1 saturated heterocycles. The van der Waals surface area contributed by atoms with E-state index < -0.39 is 0 Å². The van der Waals surface area contributed by atoms with Gasteiger partial charge in [-0.15, -0.1) is 0 Å². The number of hydrogen-bond donors (Lipinski definition) is 0. The third-order valence-corrected chi connectivity index (χ3v) is 3.51. The molecule has 1 fully saturated rings. The molecule has 3 nitrogen and oxygen atoms in total. The van der Waals surface area contributed by atoms with Gasteiger partial charge in [-0.25, -0.2) is 4.98 Å². The molecule has 0 aromatic carbocycles. The molecule has 0 aliphatic carbocycles. The van der Waals surface area contributed by atoms with Crippen LogP contribution in [0.3, 0.4) is 0 Å². The first-order valence-corrected chi connectivity index (χ1v) is 6.61. The molecular formula is C13H20ClN3. The smallest absolute Gasteiger partial charge is 0.129 e. The van der Waals surface area contributed by atoms with Gasteiger partial charge in [0.05, 0.1) is 5.69 Å². The average Bonchev–Trinajstić information content (AvgIpc) is 2.29. The zero-order valence-electron chi connectivity index (χ0n) is 10.6. The fourth-order valence-corrected chi connectivity index (χ4v) is 2.39. The minimum Gasteiger partial charge on any atom is -0.298 e. The normalized spacial score (nSPS) is 18.8. The first kappa shape index (κ1) is 12.8. The van der Waals surface area contributed by atoms with Gasteiger partial charge in [-0.2, -0.15) is 0 Å². The van der Waals surface area contributed by atoms with Crippen molar-refractivity contribution in [2.24, 2.45) is 0 Å². The monoisotopic (exact) mass is 253 g/mol. The van der Waals surface area contributed by atoms with Gasteiger partial charge in [0, 0.05) is 38.8 Å². The van der Waals surface area contributed by atoms with Crippen LogP contribution in [-0.2, 0) is 6.54 Å². The lowest BCUT2D eigenvalue weighted by Gasteiger charge is -2.36. The Kier molecular flexibility index (Phi) is 4.37. The van der Waals surface area contributed by atoms with Gasteiger partial charge in [-0.1, -0.05) is 17.7 Å². The molecule has 0 N–H and O–H groups in total. The predicted octanol–water partition coefficient (Wildman–Crippen LogP) is 2.26. The lowest BCUT2D eigenvalue weighted by molar-refractivity contribution is 0.103. The van der Waals surface area contributed by atoms with E-state index >= 15 is 0 Å². The maximum Gasteiger partial charge on any atom is 0.129 e. The highest BCUT2D eigenvalue weighted by molar-refractivity contribution is 6.29. The molecule has 0 spiro atoms.